The predicted octanol–water partition coefficient (Wildman–Crippen LogP) is 1.63. The zero-order valence-electron chi connectivity index (χ0n) is 13.9. The number of fused-ring (bicyclic) bond motifs is 1. The number of hydrogen-bond acceptors (Lipinski definition) is 6. The average Bonchev–Trinajstić information content (AvgIpc) is 3.32. The van der Waals surface area contributed by atoms with Crippen molar-refractivity contribution in [2.75, 3.05) is 18.4 Å². The van der Waals surface area contributed by atoms with Crippen LogP contribution >= 0.6 is 0 Å². The zero-order valence-corrected chi connectivity index (χ0v) is 13.9. The molecule has 2 amide bonds. The fourth-order valence-electron chi connectivity index (χ4n) is 2.98. The van der Waals surface area contributed by atoms with Crippen molar-refractivity contribution in [1.82, 2.24) is 24.4 Å². The summed E-state index contributed by atoms with van der Waals surface area (Å²) in [5.41, 5.74) is 1.42. The predicted molar refractivity (Wildman–Crippen MR) is 89.6 cm³/mol. The van der Waals surface area contributed by atoms with Crippen LogP contribution in [0.2, 0.25) is 0 Å². The molecule has 134 valence electrons. The van der Waals surface area contributed by atoms with Gasteiger partial charge in [0, 0.05) is 31.8 Å². The third-order valence-corrected chi connectivity index (χ3v) is 4.32. The summed E-state index contributed by atoms with van der Waals surface area (Å²) >= 11 is 0. The molecule has 0 saturated carbocycles. The molecule has 10 nitrogen and oxygen atoms in total. The van der Waals surface area contributed by atoms with Crippen LogP contribution in [0.25, 0.3) is 17.0 Å². The van der Waals surface area contributed by atoms with E-state index < -0.39 is 6.09 Å². The highest BCUT2D eigenvalue weighted by molar-refractivity contribution is 5.92. The number of rotatable bonds is 3. The lowest BCUT2D eigenvalue weighted by molar-refractivity contribution is -0.119. The molecule has 3 aromatic rings. The minimum atomic E-state index is -1.00. The van der Waals surface area contributed by atoms with Crippen molar-refractivity contribution in [3.05, 3.63) is 30.4 Å². The van der Waals surface area contributed by atoms with Crippen molar-refractivity contribution in [3.8, 4) is 11.4 Å². The summed E-state index contributed by atoms with van der Waals surface area (Å²) in [4.78, 5) is 33.1. The molecule has 0 radical (unpaired) electrons. The van der Waals surface area contributed by atoms with Crippen LogP contribution in [0.1, 0.15) is 12.3 Å². The molecule has 4 rings (SSSR count). The van der Waals surface area contributed by atoms with Gasteiger partial charge in [-0.1, -0.05) is 5.16 Å². The molecular weight excluding hydrogens is 340 g/mol. The van der Waals surface area contributed by atoms with Gasteiger partial charge in [-0.3, -0.25) is 4.79 Å². The number of pyridine rings is 1. The quantitative estimate of drug-likeness (QED) is 0.730. The Labute approximate surface area is 147 Å². The first-order valence-electron chi connectivity index (χ1n) is 8.08. The van der Waals surface area contributed by atoms with E-state index >= 15 is 0 Å². The van der Waals surface area contributed by atoms with Crippen LogP contribution in [-0.2, 0) is 4.79 Å². The highest BCUT2D eigenvalue weighted by Gasteiger charge is 2.31. The molecule has 1 aliphatic heterocycles. The Balaban J connectivity index is 1.51. The van der Waals surface area contributed by atoms with Gasteiger partial charge >= 0.3 is 6.09 Å². The number of likely N-dealkylation sites (tertiary alicyclic amines) is 1. The maximum atomic E-state index is 12.3. The summed E-state index contributed by atoms with van der Waals surface area (Å²) < 4.78 is 6.74. The van der Waals surface area contributed by atoms with Gasteiger partial charge in [0.1, 0.15) is 5.65 Å². The lowest BCUT2D eigenvalue weighted by Crippen LogP contribution is -2.30. The average molecular weight is 356 g/mol. The second-order valence-corrected chi connectivity index (χ2v) is 6.15. The van der Waals surface area contributed by atoms with E-state index in [0.717, 1.165) is 5.56 Å². The Hall–Kier alpha value is -3.43. The van der Waals surface area contributed by atoms with Crippen LogP contribution in [0.5, 0.6) is 0 Å². The molecule has 26 heavy (non-hydrogen) atoms. The zero-order chi connectivity index (χ0) is 18.3. The Morgan fingerprint density at radius 3 is 2.85 bits per heavy atom. The SMILES string of the molecule is Cc1nc(-c2ccc3nc(NC(=O)[C@H]4CCN(C(=O)O)C4)cn3c2)no1. The molecule has 0 spiro atoms. The summed E-state index contributed by atoms with van der Waals surface area (Å²) in [5.74, 6) is 0.763. The summed E-state index contributed by atoms with van der Waals surface area (Å²) in [7, 11) is 0. The summed E-state index contributed by atoms with van der Waals surface area (Å²) in [5, 5.41) is 15.6. The minimum absolute atomic E-state index is 0.204. The fourth-order valence-corrected chi connectivity index (χ4v) is 2.98. The van der Waals surface area contributed by atoms with Gasteiger partial charge in [-0.25, -0.2) is 9.78 Å². The number of carbonyl (C=O) groups is 2. The molecule has 1 fully saturated rings. The number of aryl methyl sites for hydroxylation is 1. The standard InChI is InChI=1S/C16H16N6O4/c1-9-17-14(20-26-9)10-2-3-13-18-12(8-22(13)6-10)19-15(23)11-4-5-21(7-11)16(24)25/h2-3,6,8,11H,4-5,7H2,1H3,(H,19,23)(H,24,25)/t11-/m0/s1. The van der Waals surface area contributed by atoms with Crippen LogP contribution in [0.4, 0.5) is 10.6 Å². The second kappa shape index (κ2) is 6.14. The lowest BCUT2D eigenvalue weighted by atomic mass is 10.1. The maximum Gasteiger partial charge on any atom is 0.407 e. The highest BCUT2D eigenvalue weighted by Crippen LogP contribution is 2.21. The van der Waals surface area contributed by atoms with E-state index in [1.54, 1.807) is 29.8 Å². The summed E-state index contributed by atoms with van der Waals surface area (Å²) in [6.07, 6.45) is 2.99. The fraction of sp³-hybridized carbons (Fsp3) is 0.312. The first-order chi connectivity index (χ1) is 12.5. The third kappa shape index (κ3) is 2.96. The van der Waals surface area contributed by atoms with Crippen molar-refractivity contribution in [3.63, 3.8) is 0 Å². The number of amides is 2. The van der Waals surface area contributed by atoms with Gasteiger partial charge in [-0.05, 0) is 18.6 Å². The third-order valence-electron chi connectivity index (χ3n) is 4.32. The molecule has 3 aromatic heterocycles. The van der Waals surface area contributed by atoms with Crippen LogP contribution < -0.4 is 5.32 Å². The summed E-state index contributed by atoms with van der Waals surface area (Å²) in [6.45, 7) is 2.29. The number of nitrogens with one attached hydrogen (secondary N) is 1. The molecule has 2 N–H and O–H groups in total. The Morgan fingerprint density at radius 1 is 1.31 bits per heavy atom. The van der Waals surface area contributed by atoms with E-state index in [1.165, 1.54) is 4.90 Å². The number of anilines is 1. The largest absolute Gasteiger partial charge is 0.465 e. The van der Waals surface area contributed by atoms with Crippen LogP contribution in [0.3, 0.4) is 0 Å². The molecule has 0 aromatic carbocycles. The van der Waals surface area contributed by atoms with E-state index in [1.807, 2.05) is 6.07 Å². The highest BCUT2D eigenvalue weighted by atomic mass is 16.5. The molecule has 0 unspecified atom stereocenters. The molecule has 10 heteroatoms. The van der Waals surface area contributed by atoms with Crippen molar-refractivity contribution in [1.29, 1.82) is 0 Å². The number of imidazole rings is 1. The molecule has 1 aliphatic rings. The van der Waals surface area contributed by atoms with E-state index in [9.17, 15) is 9.59 Å². The summed E-state index contributed by atoms with van der Waals surface area (Å²) in [6, 6.07) is 3.61. The number of carbonyl (C=O) groups excluding carboxylic acids is 1. The van der Waals surface area contributed by atoms with Gasteiger partial charge in [0.25, 0.3) is 0 Å². The number of carboxylic acid groups (broad SMARTS) is 1. The molecule has 1 saturated heterocycles. The smallest absolute Gasteiger partial charge is 0.407 e. The van der Waals surface area contributed by atoms with E-state index in [2.05, 4.69) is 20.4 Å². The number of aromatic nitrogens is 4. The molecule has 1 atom stereocenters. The van der Waals surface area contributed by atoms with Crippen molar-refractivity contribution < 1.29 is 19.2 Å². The van der Waals surface area contributed by atoms with Gasteiger partial charge < -0.3 is 24.2 Å². The minimum Gasteiger partial charge on any atom is -0.465 e. The van der Waals surface area contributed by atoms with Crippen molar-refractivity contribution in [2.45, 2.75) is 13.3 Å². The van der Waals surface area contributed by atoms with Crippen molar-refractivity contribution in [2.24, 2.45) is 5.92 Å². The van der Waals surface area contributed by atoms with E-state index in [0.29, 0.717) is 36.1 Å². The lowest BCUT2D eigenvalue weighted by Gasteiger charge is -2.11. The molecular formula is C16H16N6O4. The Bertz CT molecular complexity index is 994. The molecule has 0 bridgehead atoms. The Kier molecular flexibility index (Phi) is 3.79. The molecule has 4 heterocycles. The van der Waals surface area contributed by atoms with Gasteiger partial charge in [-0.15, -0.1) is 0 Å². The van der Waals surface area contributed by atoms with Crippen molar-refractivity contribution >= 4 is 23.5 Å². The van der Waals surface area contributed by atoms with E-state index in [-0.39, 0.29) is 18.4 Å². The normalized spacial score (nSPS) is 17.0. The maximum absolute atomic E-state index is 12.3. The van der Waals surface area contributed by atoms with Crippen LogP contribution in [-0.4, -0.2) is 54.6 Å². The second-order valence-electron chi connectivity index (χ2n) is 6.15. The first kappa shape index (κ1) is 16.1. The van der Waals surface area contributed by atoms with E-state index in [4.69, 9.17) is 9.63 Å². The monoisotopic (exact) mass is 356 g/mol. The van der Waals surface area contributed by atoms with Gasteiger partial charge in [0.2, 0.25) is 17.6 Å². The van der Waals surface area contributed by atoms with Gasteiger partial charge in [-0.2, -0.15) is 4.98 Å². The van der Waals surface area contributed by atoms with Gasteiger partial charge in [0.15, 0.2) is 5.82 Å². The van der Waals surface area contributed by atoms with Crippen LogP contribution in [0, 0.1) is 12.8 Å². The molecule has 0 aliphatic carbocycles. The number of nitrogens with zero attached hydrogens (tertiary/aromatic N) is 5. The Morgan fingerprint density at radius 2 is 2.15 bits per heavy atom. The number of hydrogen-bond donors (Lipinski definition) is 2. The first-order valence-corrected chi connectivity index (χ1v) is 8.08. The topological polar surface area (TPSA) is 126 Å². The van der Waals surface area contributed by atoms with Crippen LogP contribution in [0.15, 0.2) is 29.0 Å². The van der Waals surface area contributed by atoms with Gasteiger partial charge in [0.05, 0.1) is 12.1 Å².